The molecule has 2 aromatic carbocycles. The summed E-state index contributed by atoms with van der Waals surface area (Å²) in [4.78, 5) is 0.159. The Balaban J connectivity index is 2.10. The van der Waals surface area contributed by atoms with Crippen LogP contribution in [0.2, 0.25) is 0 Å². The van der Waals surface area contributed by atoms with Crippen LogP contribution in [0.25, 0.3) is 0 Å². The molecule has 6 nitrogen and oxygen atoms in total. The number of aliphatic hydroxyl groups is 1. The largest absolute Gasteiger partial charge is 0.497 e. The lowest BCUT2D eigenvalue weighted by Gasteiger charge is -2.24. The van der Waals surface area contributed by atoms with Gasteiger partial charge >= 0.3 is 0 Å². The SMILES string of the molecule is CCOc1c(C)cc(S(=O)(=O)NC[C@](C)(O)Cc2ccc(OC)cc2)cc1C. The third-order valence-electron chi connectivity index (χ3n) is 4.42. The second kappa shape index (κ2) is 8.94. The highest BCUT2D eigenvalue weighted by molar-refractivity contribution is 7.89. The summed E-state index contributed by atoms with van der Waals surface area (Å²) < 4.78 is 38.6. The number of rotatable bonds is 9. The van der Waals surface area contributed by atoms with Crippen molar-refractivity contribution in [1.82, 2.24) is 4.72 Å². The number of methoxy groups -OCH3 is 1. The smallest absolute Gasteiger partial charge is 0.240 e. The van der Waals surface area contributed by atoms with Crippen molar-refractivity contribution in [2.45, 2.75) is 44.6 Å². The van der Waals surface area contributed by atoms with Gasteiger partial charge in [0.15, 0.2) is 0 Å². The summed E-state index contributed by atoms with van der Waals surface area (Å²) in [6.45, 7) is 7.53. The van der Waals surface area contributed by atoms with Crippen molar-refractivity contribution in [3.63, 3.8) is 0 Å². The minimum absolute atomic E-state index is 0.104. The second-order valence-electron chi connectivity index (χ2n) is 7.17. The quantitative estimate of drug-likeness (QED) is 0.668. The monoisotopic (exact) mass is 407 g/mol. The number of hydrogen-bond acceptors (Lipinski definition) is 5. The second-order valence-corrected chi connectivity index (χ2v) is 8.93. The van der Waals surface area contributed by atoms with Gasteiger partial charge in [0.2, 0.25) is 10.0 Å². The molecule has 0 aromatic heterocycles. The van der Waals surface area contributed by atoms with Crippen LogP contribution in [0.4, 0.5) is 0 Å². The zero-order chi connectivity index (χ0) is 20.9. The van der Waals surface area contributed by atoms with E-state index in [0.717, 1.165) is 22.4 Å². The average Bonchev–Trinajstić information content (AvgIpc) is 2.63. The maximum absolute atomic E-state index is 12.7. The molecule has 28 heavy (non-hydrogen) atoms. The topological polar surface area (TPSA) is 84.9 Å². The van der Waals surface area contributed by atoms with Crippen LogP contribution < -0.4 is 14.2 Å². The van der Waals surface area contributed by atoms with Crippen molar-refractivity contribution in [2.24, 2.45) is 0 Å². The van der Waals surface area contributed by atoms with Gasteiger partial charge < -0.3 is 14.6 Å². The fourth-order valence-corrected chi connectivity index (χ4v) is 4.35. The summed E-state index contributed by atoms with van der Waals surface area (Å²) in [6.07, 6.45) is 0.306. The zero-order valence-corrected chi connectivity index (χ0v) is 17.9. The van der Waals surface area contributed by atoms with Crippen LogP contribution in [-0.4, -0.2) is 39.4 Å². The molecule has 0 radical (unpaired) electrons. The number of ether oxygens (including phenoxy) is 2. The predicted octanol–water partition coefficient (Wildman–Crippen LogP) is 2.98. The zero-order valence-electron chi connectivity index (χ0n) is 17.1. The molecule has 0 unspecified atom stereocenters. The standard InChI is InChI=1S/C21H29NO5S/c1-6-27-20-15(2)11-19(12-16(20)3)28(24,25)22-14-21(4,23)13-17-7-9-18(26-5)10-8-17/h7-12,22-23H,6,13-14H2,1-5H3/t21-/m1/s1. The van der Waals surface area contributed by atoms with Crippen molar-refractivity contribution in [2.75, 3.05) is 20.3 Å². The molecule has 7 heteroatoms. The Labute approximate surface area is 167 Å². The van der Waals surface area contributed by atoms with Crippen molar-refractivity contribution in [3.8, 4) is 11.5 Å². The fourth-order valence-electron chi connectivity index (χ4n) is 3.02. The van der Waals surface area contributed by atoms with E-state index < -0.39 is 15.6 Å². The van der Waals surface area contributed by atoms with Crippen LogP contribution in [0.15, 0.2) is 41.3 Å². The molecule has 0 fully saturated rings. The summed E-state index contributed by atoms with van der Waals surface area (Å²) in [5.74, 6) is 1.43. The minimum atomic E-state index is -3.76. The molecule has 1 atom stereocenters. The van der Waals surface area contributed by atoms with Gasteiger partial charge in [0.25, 0.3) is 0 Å². The Kier molecular flexibility index (Phi) is 7.09. The van der Waals surface area contributed by atoms with E-state index in [1.54, 1.807) is 38.3 Å². The maximum Gasteiger partial charge on any atom is 0.240 e. The number of nitrogens with one attached hydrogen (secondary N) is 1. The van der Waals surface area contributed by atoms with E-state index in [9.17, 15) is 13.5 Å². The number of sulfonamides is 1. The Bertz CT molecular complexity index is 882. The Morgan fingerprint density at radius 2 is 1.68 bits per heavy atom. The van der Waals surface area contributed by atoms with Crippen molar-refractivity contribution in [1.29, 1.82) is 0 Å². The van der Waals surface area contributed by atoms with Gasteiger partial charge in [0.1, 0.15) is 11.5 Å². The summed E-state index contributed by atoms with van der Waals surface area (Å²) in [6, 6.07) is 10.5. The van der Waals surface area contributed by atoms with Gasteiger partial charge in [-0.1, -0.05) is 12.1 Å². The number of benzene rings is 2. The molecule has 0 aliphatic heterocycles. The van der Waals surface area contributed by atoms with Crippen LogP contribution in [0.3, 0.4) is 0 Å². The van der Waals surface area contributed by atoms with Gasteiger partial charge in [-0.15, -0.1) is 0 Å². The molecule has 0 aliphatic carbocycles. The van der Waals surface area contributed by atoms with E-state index in [1.807, 2.05) is 32.9 Å². The van der Waals surface area contributed by atoms with E-state index in [1.165, 1.54) is 0 Å². The highest BCUT2D eigenvalue weighted by atomic mass is 32.2. The third kappa shape index (κ3) is 5.70. The number of aryl methyl sites for hydroxylation is 2. The summed E-state index contributed by atoms with van der Waals surface area (Å²) in [5.41, 5.74) is 1.16. The first-order chi connectivity index (χ1) is 13.1. The van der Waals surface area contributed by atoms with Gasteiger partial charge in [-0.05, 0) is 68.7 Å². The van der Waals surface area contributed by atoms with E-state index >= 15 is 0 Å². The molecular weight excluding hydrogens is 378 g/mol. The molecule has 0 aliphatic rings. The van der Waals surface area contributed by atoms with E-state index in [2.05, 4.69) is 4.72 Å². The summed E-state index contributed by atoms with van der Waals surface area (Å²) in [5, 5.41) is 10.6. The van der Waals surface area contributed by atoms with Gasteiger partial charge in [0, 0.05) is 13.0 Å². The van der Waals surface area contributed by atoms with Crippen molar-refractivity contribution < 1.29 is 23.0 Å². The summed E-state index contributed by atoms with van der Waals surface area (Å²) in [7, 11) is -2.17. The van der Waals surface area contributed by atoms with Gasteiger partial charge in [-0.25, -0.2) is 13.1 Å². The minimum Gasteiger partial charge on any atom is -0.497 e. The molecule has 2 rings (SSSR count). The van der Waals surface area contributed by atoms with Gasteiger partial charge in [0.05, 0.1) is 24.2 Å². The lowest BCUT2D eigenvalue weighted by atomic mass is 9.97. The molecule has 154 valence electrons. The van der Waals surface area contributed by atoms with E-state index in [4.69, 9.17) is 9.47 Å². The first-order valence-electron chi connectivity index (χ1n) is 9.17. The predicted molar refractivity (Wildman–Crippen MR) is 110 cm³/mol. The molecule has 0 heterocycles. The number of hydrogen-bond donors (Lipinski definition) is 2. The van der Waals surface area contributed by atoms with Gasteiger partial charge in [-0.3, -0.25) is 0 Å². The molecule has 2 N–H and O–H groups in total. The Hall–Kier alpha value is -2.09. The highest BCUT2D eigenvalue weighted by Gasteiger charge is 2.25. The van der Waals surface area contributed by atoms with Crippen LogP contribution in [0.5, 0.6) is 11.5 Å². The van der Waals surface area contributed by atoms with Crippen LogP contribution in [-0.2, 0) is 16.4 Å². The summed E-state index contributed by atoms with van der Waals surface area (Å²) >= 11 is 0. The normalized spacial score (nSPS) is 13.8. The van der Waals surface area contributed by atoms with Crippen molar-refractivity contribution >= 4 is 10.0 Å². The first kappa shape index (κ1) is 22.2. The molecule has 0 amide bonds. The first-order valence-corrected chi connectivity index (χ1v) is 10.7. The molecule has 2 aromatic rings. The fraction of sp³-hybridized carbons (Fsp3) is 0.429. The molecule has 0 saturated heterocycles. The molecule has 0 saturated carbocycles. The van der Waals surface area contributed by atoms with E-state index in [-0.39, 0.29) is 11.4 Å². The van der Waals surface area contributed by atoms with Gasteiger partial charge in [-0.2, -0.15) is 0 Å². The van der Waals surface area contributed by atoms with E-state index in [0.29, 0.717) is 18.8 Å². The Morgan fingerprint density at radius 3 is 2.18 bits per heavy atom. The molecule has 0 spiro atoms. The highest BCUT2D eigenvalue weighted by Crippen LogP contribution is 2.27. The van der Waals surface area contributed by atoms with Crippen LogP contribution in [0.1, 0.15) is 30.5 Å². The van der Waals surface area contributed by atoms with Crippen molar-refractivity contribution in [3.05, 3.63) is 53.1 Å². The third-order valence-corrected chi connectivity index (χ3v) is 5.80. The maximum atomic E-state index is 12.7. The lowest BCUT2D eigenvalue weighted by molar-refractivity contribution is 0.0657. The Morgan fingerprint density at radius 1 is 1.11 bits per heavy atom. The molecular formula is C21H29NO5S. The lowest BCUT2D eigenvalue weighted by Crippen LogP contribution is -2.42. The van der Waals surface area contributed by atoms with Crippen LogP contribution >= 0.6 is 0 Å². The molecule has 0 bridgehead atoms. The van der Waals surface area contributed by atoms with Crippen LogP contribution in [0, 0.1) is 13.8 Å². The average molecular weight is 408 g/mol.